The van der Waals surface area contributed by atoms with Gasteiger partial charge in [-0.25, -0.2) is 5.01 Å². The summed E-state index contributed by atoms with van der Waals surface area (Å²) in [6.07, 6.45) is 1.04. The van der Waals surface area contributed by atoms with Gasteiger partial charge in [0.25, 0.3) is 0 Å². The van der Waals surface area contributed by atoms with Gasteiger partial charge in [0, 0.05) is 30.2 Å². The number of hydrogen-bond donors (Lipinski definition) is 1. The zero-order valence-corrected chi connectivity index (χ0v) is 16.7. The summed E-state index contributed by atoms with van der Waals surface area (Å²) in [6, 6.07) is 11.3. The summed E-state index contributed by atoms with van der Waals surface area (Å²) in [5.74, 6) is 1.23. The van der Waals surface area contributed by atoms with Crippen molar-refractivity contribution in [2.45, 2.75) is 39.7 Å². The molecule has 29 heavy (non-hydrogen) atoms. The highest BCUT2D eigenvalue weighted by molar-refractivity contribution is 6.14. The van der Waals surface area contributed by atoms with Gasteiger partial charge in [0.2, 0.25) is 18.6 Å². The van der Waals surface area contributed by atoms with Crippen LogP contribution in [-0.2, 0) is 16.0 Å². The molecule has 2 aromatic carbocycles. The van der Waals surface area contributed by atoms with E-state index in [1.165, 1.54) is 6.92 Å². The molecule has 0 saturated heterocycles. The second kappa shape index (κ2) is 7.58. The van der Waals surface area contributed by atoms with Crippen molar-refractivity contribution in [3.63, 3.8) is 0 Å². The number of benzene rings is 2. The van der Waals surface area contributed by atoms with Gasteiger partial charge >= 0.3 is 0 Å². The van der Waals surface area contributed by atoms with Crippen molar-refractivity contribution < 1.29 is 19.1 Å². The molecule has 0 bridgehead atoms. The van der Waals surface area contributed by atoms with Crippen molar-refractivity contribution in [2.24, 2.45) is 5.10 Å². The van der Waals surface area contributed by atoms with Crippen LogP contribution in [0, 0.1) is 0 Å². The quantitative estimate of drug-likeness (QED) is 0.868. The van der Waals surface area contributed by atoms with Gasteiger partial charge in [0.1, 0.15) is 0 Å². The summed E-state index contributed by atoms with van der Waals surface area (Å²) >= 11 is 0. The van der Waals surface area contributed by atoms with E-state index in [1.54, 1.807) is 5.01 Å². The smallest absolute Gasteiger partial charge is 0.242 e. The maximum absolute atomic E-state index is 12.6. The number of ether oxygens (including phenoxy) is 2. The Balaban J connectivity index is 1.83. The van der Waals surface area contributed by atoms with Gasteiger partial charge in [-0.2, -0.15) is 5.10 Å². The normalized spacial score (nSPS) is 17.3. The summed E-state index contributed by atoms with van der Waals surface area (Å²) in [6.45, 7) is 5.50. The Morgan fingerprint density at radius 3 is 2.52 bits per heavy atom. The molecule has 2 aliphatic rings. The molecule has 0 aromatic heterocycles. The molecule has 0 saturated carbocycles. The third-order valence-corrected chi connectivity index (χ3v) is 5.03. The number of rotatable bonds is 3. The number of fused-ring (bicyclic) bond motifs is 2. The van der Waals surface area contributed by atoms with Crippen LogP contribution in [0.3, 0.4) is 0 Å². The van der Waals surface area contributed by atoms with Crippen molar-refractivity contribution in [1.82, 2.24) is 5.01 Å². The van der Waals surface area contributed by atoms with Gasteiger partial charge in [0.15, 0.2) is 11.5 Å². The highest BCUT2D eigenvalue weighted by atomic mass is 16.7. The Labute approximate surface area is 169 Å². The fourth-order valence-corrected chi connectivity index (χ4v) is 3.63. The summed E-state index contributed by atoms with van der Waals surface area (Å²) in [5.41, 5.74) is 4.22. The summed E-state index contributed by atoms with van der Waals surface area (Å²) < 4.78 is 11.1. The highest BCUT2D eigenvalue weighted by Gasteiger charge is 2.29. The minimum atomic E-state index is -0.129. The van der Waals surface area contributed by atoms with Gasteiger partial charge in [-0.05, 0) is 43.2 Å². The summed E-state index contributed by atoms with van der Waals surface area (Å²) in [7, 11) is 0. The standard InChI is InChI=1S/C22H23N3O4/c1-4-21(27)25-13(2)9-16-10-19-20(29-12-28-19)11-18(16)22(24-25)15-5-7-17(8-6-15)23-14(3)26/h5-8,10-11,13H,4,9,12H2,1-3H3,(H,23,26). The van der Waals surface area contributed by atoms with Gasteiger partial charge in [-0.3, -0.25) is 9.59 Å². The Morgan fingerprint density at radius 2 is 1.86 bits per heavy atom. The second-order valence-electron chi connectivity index (χ2n) is 7.21. The Hall–Kier alpha value is -3.35. The Kier molecular flexibility index (Phi) is 4.96. The molecule has 4 rings (SSSR count). The molecule has 2 amide bonds. The Bertz CT molecular complexity index is 998. The first-order valence-electron chi connectivity index (χ1n) is 9.68. The molecule has 7 heteroatoms. The maximum Gasteiger partial charge on any atom is 0.242 e. The molecule has 0 aliphatic carbocycles. The Morgan fingerprint density at radius 1 is 1.17 bits per heavy atom. The molecule has 1 unspecified atom stereocenters. The molecular formula is C22H23N3O4. The summed E-state index contributed by atoms with van der Waals surface area (Å²) in [4.78, 5) is 23.9. The predicted molar refractivity (Wildman–Crippen MR) is 109 cm³/mol. The van der Waals surface area contributed by atoms with E-state index in [9.17, 15) is 9.59 Å². The number of carbonyl (C=O) groups excluding carboxylic acids is 2. The van der Waals surface area contributed by atoms with Crippen LogP contribution in [0.15, 0.2) is 41.5 Å². The van der Waals surface area contributed by atoms with E-state index in [1.807, 2.05) is 50.2 Å². The van der Waals surface area contributed by atoms with E-state index in [2.05, 4.69) is 5.32 Å². The van der Waals surface area contributed by atoms with E-state index < -0.39 is 0 Å². The van der Waals surface area contributed by atoms with Crippen LogP contribution >= 0.6 is 0 Å². The van der Waals surface area contributed by atoms with E-state index in [0.29, 0.717) is 35.7 Å². The molecule has 7 nitrogen and oxygen atoms in total. The van der Waals surface area contributed by atoms with Crippen LogP contribution in [0.25, 0.3) is 0 Å². The number of amides is 2. The largest absolute Gasteiger partial charge is 0.454 e. The molecule has 2 aromatic rings. The van der Waals surface area contributed by atoms with Gasteiger partial charge < -0.3 is 14.8 Å². The molecule has 2 aliphatic heterocycles. The minimum absolute atomic E-state index is 0.0299. The van der Waals surface area contributed by atoms with Crippen LogP contribution < -0.4 is 14.8 Å². The second-order valence-corrected chi connectivity index (χ2v) is 7.21. The SMILES string of the molecule is CCC(=O)N1N=C(c2ccc(NC(C)=O)cc2)c2cc3c(cc2CC1C)OCO3. The van der Waals surface area contributed by atoms with E-state index in [0.717, 1.165) is 16.7 Å². The van der Waals surface area contributed by atoms with Crippen molar-refractivity contribution in [3.05, 3.63) is 53.1 Å². The minimum Gasteiger partial charge on any atom is -0.454 e. The van der Waals surface area contributed by atoms with Gasteiger partial charge in [0.05, 0.1) is 11.8 Å². The molecule has 0 radical (unpaired) electrons. The van der Waals surface area contributed by atoms with Crippen LogP contribution in [0.5, 0.6) is 11.5 Å². The lowest BCUT2D eigenvalue weighted by molar-refractivity contribution is -0.132. The number of hydrogen-bond acceptors (Lipinski definition) is 5. The first kappa shape index (κ1) is 19.0. The lowest BCUT2D eigenvalue weighted by Crippen LogP contribution is -2.34. The molecular weight excluding hydrogens is 370 g/mol. The molecule has 150 valence electrons. The lowest BCUT2D eigenvalue weighted by atomic mass is 9.94. The van der Waals surface area contributed by atoms with E-state index >= 15 is 0 Å². The van der Waals surface area contributed by atoms with Gasteiger partial charge in [-0.15, -0.1) is 0 Å². The predicted octanol–water partition coefficient (Wildman–Crippen LogP) is 3.31. The monoisotopic (exact) mass is 393 g/mol. The average Bonchev–Trinajstić information content (AvgIpc) is 3.10. The lowest BCUT2D eigenvalue weighted by Gasteiger charge is -2.22. The zero-order valence-electron chi connectivity index (χ0n) is 16.7. The number of carbonyl (C=O) groups is 2. The van der Waals surface area contributed by atoms with Crippen molar-refractivity contribution >= 4 is 23.2 Å². The number of nitrogens with zero attached hydrogens (tertiary/aromatic N) is 2. The van der Waals surface area contributed by atoms with Crippen molar-refractivity contribution in [2.75, 3.05) is 12.1 Å². The fourth-order valence-electron chi connectivity index (χ4n) is 3.63. The first-order valence-corrected chi connectivity index (χ1v) is 9.68. The summed E-state index contributed by atoms with van der Waals surface area (Å²) in [5, 5.41) is 9.11. The molecule has 2 heterocycles. The van der Waals surface area contributed by atoms with Crippen LogP contribution in [-0.4, -0.2) is 35.4 Å². The van der Waals surface area contributed by atoms with E-state index in [4.69, 9.17) is 14.6 Å². The zero-order chi connectivity index (χ0) is 20.5. The first-order chi connectivity index (χ1) is 14.0. The number of nitrogens with one attached hydrogen (secondary N) is 1. The van der Waals surface area contributed by atoms with Crippen LogP contribution in [0.2, 0.25) is 0 Å². The fraction of sp³-hybridized carbons (Fsp3) is 0.318. The number of hydrazone groups is 1. The van der Waals surface area contributed by atoms with Crippen LogP contribution in [0.4, 0.5) is 5.69 Å². The van der Waals surface area contributed by atoms with E-state index in [-0.39, 0.29) is 24.6 Å². The number of anilines is 1. The van der Waals surface area contributed by atoms with Crippen LogP contribution in [0.1, 0.15) is 43.9 Å². The molecule has 1 atom stereocenters. The van der Waals surface area contributed by atoms with Crippen molar-refractivity contribution in [3.8, 4) is 11.5 Å². The molecule has 0 fully saturated rings. The third-order valence-electron chi connectivity index (χ3n) is 5.03. The van der Waals surface area contributed by atoms with Crippen molar-refractivity contribution in [1.29, 1.82) is 0 Å². The maximum atomic E-state index is 12.6. The average molecular weight is 393 g/mol. The third kappa shape index (κ3) is 3.68. The van der Waals surface area contributed by atoms with Gasteiger partial charge in [-0.1, -0.05) is 19.1 Å². The molecule has 0 spiro atoms. The topological polar surface area (TPSA) is 80.2 Å². The highest BCUT2D eigenvalue weighted by Crippen LogP contribution is 2.37. The molecule has 1 N–H and O–H groups in total.